The minimum Gasteiger partial charge on any atom is -0.352 e. The number of likely N-dealkylation sites (N-methyl/N-ethyl adjacent to an activating group) is 1. The van der Waals surface area contributed by atoms with Gasteiger partial charge in [-0.2, -0.15) is 4.31 Å². The predicted molar refractivity (Wildman–Crippen MR) is 98.1 cm³/mol. The summed E-state index contributed by atoms with van der Waals surface area (Å²) in [6, 6.07) is 9.08. The zero-order valence-electron chi connectivity index (χ0n) is 14.9. The lowest BCUT2D eigenvalue weighted by Crippen LogP contribution is -2.50. The fraction of sp³-hybridized carbons (Fsp3) is 0.556. The van der Waals surface area contributed by atoms with Crippen LogP contribution in [0.15, 0.2) is 30.3 Å². The van der Waals surface area contributed by atoms with Crippen molar-refractivity contribution in [1.29, 1.82) is 0 Å². The number of sulfonamides is 1. The van der Waals surface area contributed by atoms with Crippen LogP contribution in [0, 0.1) is 0 Å². The largest absolute Gasteiger partial charge is 0.352 e. The average Bonchev–Trinajstić information content (AvgIpc) is 3.45. The molecular formula is C18H25N3O4S. The molecular weight excluding hydrogens is 354 g/mol. The predicted octanol–water partition coefficient (Wildman–Crippen LogP) is 0.831. The Kier molecular flexibility index (Phi) is 5.62. The van der Waals surface area contributed by atoms with Gasteiger partial charge in [0.25, 0.3) is 5.91 Å². The number of hydrogen-bond acceptors (Lipinski definition) is 4. The van der Waals surface area contributed by atoms with Gasteiger partial charge in [0, 0.05) is 31.7 Å². The summed E-state index contributed by atoms with van der Waals surface area (Å²) in [6.07, 6.45) is 3.04. The number of amides is 2. The molecule has 1 aromatic rings. The van der Waals surface area contributed by atoms with E-state index in [0.717, 1.165) is 17.1 Å². The third-order valence-electron chi connectivity index (χ3n) is 4.85. The van der Waals surface area contributed by atoms with Crippen LogP contribution in [-0.4, -0.2) is 67.4 Å². The van der Waals surface area contributed by atoms with Crippen molar-refractivity contribution in [1.82, 2.24) is 14.5 Å². The average molecular weight is 379 g/mol. The minimum atomic E-state index is -3.64. The van der Waals surface area contributed by atoms with E-state index in [1.807, 2.05) is 6.07 Å². The van der Waals surface area contributed by atoms with Crippen LogP contribution < -0.4 is 5.32 Å². The van der Waals surface area contributed by atoms with Crippen molar-refractivity contribution in [2.75, 3.05) is 26.7 Å². The maximum absolute atomic E-state index is 12.8. The van der Waals surface area contributed by atoms with Gasteiger partial charge >= 0.3 is 0 Å². The molecule has 2 fully saturated rings. The van der Waals surface area contributed by atoms with Gasteiger partial charge in [-0.15, -0.1) is 0 Å². The number of hydrogen-bond donors (Lipinski definition) is 1. The van der Waals surface area contributed by atoms with E-state index in [1.165, 1.54) is 7.05 Å². The Bertz CT molecular complexity index is 762. The second kappa shape index (κ2) is 7.75. The molecule has 1 aliphatic heterocycles. The highest BCUT2D eigenvalue weighted by Gasteiger charge is 2.36. The Balaban J connectivity index is 1.63. The summed E-state index contributed by atoms with van der Waals surface area (Å²) in [6.45, 7) is 0.526. The minimum absolute atomic E-state index is 0.153. The quantitative estimate of drug-likeness (QED) is 0.793. The van der Waals surface area contributed by atoms with Gasteiger partial charge in [-0.1, -0.05) is 18.2 Å². The summed E-state index contributed by atoms with van der Waals surface area (Å²) >= 11 is 0. The summed E-state index contributed by atoms with van der Waals surface area (Å²) in [5, 5.41) is 2.12. The third-order valence-corrected chi connectivity index (χ3v) is 7.08. The maximum Gasteiger partial charge on any atom is 0.253 e. The van der Waals surface area contributed by atoms with Gasteiger partial charge in [0.1, 0.15) is 0 Å². The van der Waals surface area contributed by atoms with Crippen LogP contribution in [0.3, 0.4) is 0 Å². The van der Waals surface area contributed by atoms with E-state index in [2.05, 4.69) is 5.32 Å². The molecule has 7 nitrogen and oxygen atoms in total. The van der Waals surface area contributed by atoms with Crippen LogP contribution in [0.25, 0.3) is 0 Å². The molecule has 0 radical (unpaired) electrons. The zero-order chi connectivity index (χ0) is 18.7. The lowest BCUT2D eigenvalue weighted by atomic mass is 10.1. The molecule has 0 bridgehead atoms. The van der Waals surface area contributed by atoms with Crippen LogP contribution in [-0.2, 0) is 14.8 Å². The number of nitrogens with one attached hydrogen (secondary N) is 1. The topological polar surface area (TPSA) is 86.8 Å². The van der Waals surface area contributed by atoms with Crippen molar-refractivity contribution in [2.45, 2.75) is 37.0 Å². The Labute approximate surface area is 154 Å². The van der Waals surface area contributed by atoms with Crippen molar-refractivity contribution >= 4 is 21.8 Å². The molecule has 3 rings (SSSR count). The molecule has 1 atom stereocenters. The molecule has 0 spiro atoms. The smallest absolute Gasteiger partial charge is 0.253 e. The highest BCUT2D eigenvalue weighted by molar-refractivity contribution is 7.89. The van der Waals surface area contributed by atoms with Crippen molar-refractivity contribution in [3.8, 4) is 0 Å². The van der Waals surface area contributed by atoms with Gasteiger partial charge in [-0.25, -0.2) is 8.42 Å². The van der Waals surface area contributed by atoms with Gasteiger partial charge in [0.2, 0.25) is 15.9 Å². The first-order valence-electron chi connectivity index (χ1n) is 8.97. The van der Waals surface area contributed by atoms with E-state index in [-0.39, 0.29) is 30.9 Å². The van der Waals surface area contributed by atoms with E-state index in [4.69, 9.17) is 0 Å². The lowest BCUT2D eigenvalue weighted by Gasteiger charge is -2.34. The summed E-state index contributed by atoms with van der Waals surface area (Å²) in [4.78, 5) is 26.1. The van der Waals surface area contributed by atoms with Crippen LogP contribution in [0.4, 0.5) is 0 Å². The molecule has 0 unspecified atom stereocenters. The van der Waals surface area contributed by atoms with E-state index >= 15 is 0 Å². The summed E-state index contributed by atoms with van der Waals surface area (Å²) in [7, 11) is -2.21. The van der Waals surface area contributed by atoms with Gasteiger partial charge in [-0.05, 0) is 37.8 Å². The molecule has 1 N–H and O–H groups in total. The van der Waals surface area contributed by atoms with Crippen molar-refractivity contribution in [2.24, 2.45) is 0 Å². The number of carbonyl (C=O) groups excluding carboxylic acids is 2. The van der Waals surface area contributed by atoms with Crippen LogP contribution in [0.2, 0.25) is 0 Å². The molecule has 26 heavy (non-hydrogen) atoms. The highest BCUT2D eigenvalue weighted by atomic mass is 32.2. The fourth-order valence-corrected chi connectivity index (χ4v) is 4.82. The number of piperidine rings is 1. The monoisotopic (exact) mass is 379 g/mol. The van der Waals surface area contributed by atoms with Crippen LogP contribution in [0.1, 0.15) is 36.0 Å². The Hall–Kier alpha value is -1.93. The molecule has 1 saturated heterocycles. The van der Waals surface area contributed by atoms with Gasteiger partial charge < -0.3 is 10.2 Å². The van der Waals surface area contributed by atoms with E-state index in [0.29, 0.717) is 24.9 Å². The van der Waals surface area contributed by atoms with Crippen molar-refractivity contribution < 1.29 is 18.0 Å². The van der Waals surface area contributed by atoms with Crippen LogP contribution in [0.5, 0.6) is 0 Å². The molecule has 1 aliphatic carbocycles. The van der Waals surface area contributed by atoms with E-state index in [1.54, 1.807) is 29.2 Å². The highest BCUT2D eigenvalue weighted by Crippen LogP contribution is 2.22. The van der Waals surface area contributed by atoms with Crippen molar-refractivity contribution in [3.63, 3.8) is 0 Å². The van der Waals surface area contributed by atoms with Crippen molar-refractivity contribution in [3.05, 3.63) is 35.9 Å². The lowest BCUT2D eigenvalue weighted by molar-refractivity contribution is -0.121. The number of likely N-dealkylation sites (tertiary alicyclic amines) is 1. The van der Waals surface area contributed by atoms with E-state index < -0.39 is 15.3 Å². The first-order chi connectivity index (χ1) is 12.4. The summed E-state index contributed by atoms with van der Waals surface area (Å²) in [5.74, 6) is -0.425. The Morgan fingerprint density at radius 3 is 2.54 bits per heavy atom. The first kappa shape index (κ1) is 18.8. The summed E-state index contributed by atoms with van der Waals surface area (Å²) < 4.78 is 26.8. The molecule has 2 amide bonds. The molecule has 1 saturated carbocycles. The fourth-order valence-electron chi connectivity index (χ4n) is 3.18. The molecule has 1 heterocycles. The third kappa shape index (κ3) is 4.42. The maximum atomic E-state index is 12.8. The van der Waals surface area contributed by atoms with Gasteiger partial charge in [-0.3, -0.25) is 9.59 Å². The number of benzene rings is 1. The number of rotatable bonds is 6. The van der Waals surface area contributed by atoms with E-state index in [9.17, 15) is 18.0 Å². The van der Waals surface area contributed by atoms with Crippen LogP contribution >= 0.6 is 0 Å². The second-order valence-electron chi connectivity index (χ2n) is 7.02. The SMILES string of the molecule is CN(CC(=O)NC1CC1)S(=O)(=O)[C@@H]1CCCN(C(=O)c2ccccc2)C1. The normalized spacial score (nSPS) is 20.8. The molecule has 2 aliphatic rings. The summed E-state index contributed by atoms with van der Waals surface area (Å²) in [5.41, 5.74) is 0.558. The van der Waals surface area contributed by atoms with Gasteiger partial charge in [0.15, 0.2) is 0 Å². The molecule has 142 valence electrons. The first-order valence-corrected chi connectivity index (χ1v) is 10.5. The Morgan fingerprint density at radius 1 is 1.19 bits per heavy atom. The molecule has 1 aromatic carbocycles. The molecule has 8 heteroatoms. The second-order valence-corrected chi connectivity index (χ2v) is 9.34. The van der Waals surface area contributed by atoms with Gasteiger partial charge in [0.05, 0.1) is 11.8 Å². The standard InChI is InChI=1S/C18H25N3O4S/c1-20(13-17(22)19-15-9-10-15)26(24,25)16-8-5-11-21(12-16)18(23)14-6-3-2-4-7-14/h2-4,6-7,15-16H,5,8-13H2,1H3,(H,19,22)/t16-/m1/s1. The Morgan fingerprint density at radius 2 is 1.88 bits per heavy atom. The zero-order valence-corrected chi connectivity index (χ0v) is 15.7. The number of carbonyl (C=O) groups is 2. The molecule has 0 aromatic heterocycles. The number of nitrogens with zero attached hydrogens (tertiary/aromatic N) is 2.